The lowest BCUT2D eigenvalue weighted by Crippen LogP contribution is -2.51. The molecule has 0 unspecified atom stereocenters. The summed E-state index contributed by atoms with van der Waals surface area (Å²) in [5, 5.41) is 0. The van der Waals surface area contributed by atoms with Crippen molar-refractivity contribution in [1.29, 1.82) is 0 Å². The Morgan fingerprint density at radius 3 is 2.65 bits per heavy atom. The number of nitrogens with two attached hydrogens (primary N) is 1. The summed E-state index contributed by atoms with van der Waals surface area (Å²) in [6.45, 7) is 9.96. The van der Waals surface area contributed by atoms with Gasteiger partial charge in [-0.15, -0.1) is 0 Å². The van der Waals surface area contributed by atoms with Gasteiger partial charge in [-0.1, -0.05) is 6.92 Å². The van der Waals surface area contributed by atoms with E-state index in [2.05, 4.69) is 34.2 Å². The van der Waals surface area contributed by atoms with Crippen molar-refractivity contribution in [3.8, 4) is 0 Å². The van der Waals surface area contributed by atoms with Gasteiger partial charge < -0.3 is 14.5 Å². The normalized spacial score (nSPS) is 18.3. The number of piperidine rings is 1. The summed E-state index contributed by atoms with van der Waals surface area (Å²) < 4.78 is 5.31. The Morgan fingerprint density at radius 1 is 1.40 bits per heavy atom. The average molecular weight is 285 g/mol. The van der Waals surface area contributed by atoms with Crippen molar-refractivity contribution in [1.82, 2.24) is 15.2 Å². The quantitative estimate of drug-likeness (QED) is 0.236. The van der Waals surface area contributed by atoms with E-state index in [0.29, 0.717) is 6.04 Å². The number of hydrogen-bond donors (Lipinski definition) is 2. The second-order valence-electron chi connectivity index (χ2n) is 5.18. The molecule has 0 bridgehead atoms. The lowest BCUT2D eigenvalue weighted by Gasteiger charge is -2.37. The summed E-state index contributed by atoms with van der Waals surface area (Å²) in [6.07, 6.45) is 3.27. The van der Waals surface area contributed by atoms with Crippen LogP contribution in [0.5, 0.6) is 0 Å². The summed E-state index contributed by atoms with van der Waals surface area (Å²) in [4.78, 5) is 9.21. The predicted molar refractivity (Wildman–Crippen MR) is 83.6 cm³/mol. The number of likely N-dealkylation sites (tertiary alicyclic amines) is 1. The highest BCUT2D eigenvalue weighted by Gasteiger charge is 2.23. The monoisotopic (exact) mass is 285 g/mol. The molecule has 3 N–H and O–H groups in total. The van der Waals surface area contributed by atoms with E-state index in [4.69, 9.17) is 10.6 Å². The Kier molecular flexibility index (Phi) is 8.57. The zero-order valence-electron chi connectivity index (χ0n) is 13.3. The summed E-state index contributed by atoms with van der Waals surface area (Å²) >= 11 is 0. The molecule has 1 fully saturated rings. The second kappa shape index (κ2) is 9.96. The Labute approximate surface area is 123 Å². The molecule has 0 aromatic rings. The van der Waals surface area contributed by atoms with Crippen LogP contribution in [0.4, 0.5) is 0 Å². The molecule has 20 heavy (non-hydrogen) atoms. The molecule has 6 heteroatoms. The van der Waals surface area contributed by atoms with Crippen LogP contribution in [0, 0.1) is 0 Å². The molecule has 1 rings (SSSR count). The largest absolute Gasteiger partial charge is 0.382 e. The van der Waals surface area contributed by atoms with Crippen molar-refractivity contribution in [2.75, 3.05) is 46.4 Å². The smallest absolute Gasteiger partial charge is 0.208 e. The first kappa shape index (κ1) is 17.2. The van der Waals surface area contributed by atoms with Crippen molar-refractivity contribution in [2.45, 2.75) is 39.2 Å². The number of aliphatic imine (C=N–C) groups is 1. The Bertz CT molecular complexity index is 277. The van der Waals surface area contributed by atoms with Crippen LogP contribution in [-0.4, -0.2) is 68.2 Å². The SMILES string of the molecule is CCOCCCN=C(NN)N(C)C1CCN(CC)CC1. The molecule has 0 saturated carbocycles. The average Bonchev–Trinajstić information content (AvgIpc) is 2.50. The van der Waals surface area contributed by atoms with Crippen molar-refractivity contribution >= 4 is 5.96 Å². The Morgan fingerprint density at radius 2 is 2.10 bits per heavy atom. The molecule has 0 radical (unpaired) electrons. The zero-order chi connectivity index (χ0) is 14.8. The maximum absolute atomic E-state index is 5.61. The van der Waals surface area contributed by atoms with E-state index in [0.717, 1.165) is 51.8 Å². The predicted octanol–water partition coefficient (Wildman–Crippen LogP) is 0.648. The minimum atomic E-state index is 0.527. The molecular weight excluding hydrogens is 254 g/mol. The van der Waals surface area contributed by atoms with E-state index >= 15 is 0 Å². The molecule has 0 aromatic heterocycles. The molecule has 1 heterocycles. The first-order valence-electron chi connectivity index (χ1n) is 7.76. The van der Waals surface area contributed by atoms with E-state index in [1.165, 1.54) is 12.8 Å². The van der Waals surface area contributed by atoms with Gasteiger partial charge in [0.1, 0.15) is 0 Å². The fourth-order valence-electron chi connectivity index (χ4n) is 2.55. The lowest BCUT2D eigenvalue weighted by molar-refractivity contribution is 0.146. The summed E-state index contributed by atoms with van der Waals surface area (Å²) in [6, 6.07) is 0.527. The fourth-order valence-corrected chi connectivity index (χ4v) is 2.55. The molecule has 0 amide bonds. The molecule has 0 aliphatic carbocycles. The van der Waals surface area contributed by atoms with Crippen molar-refractivity contribution in [3.05, 3.63) is 0 Å². The first-order valence-corrected chi connectivity index (χ1v) is 7.76. The van der Waals surface area contributed by atoms with Gasteiger partial charge in [0.15, 0.2) is 0 Å². The molecular formula is C14H31N5O. The molecule has 1 aliphatic rings. The highest BCUT2D eigenvalue weighted by molar-refractivity contribution is 5.79. The fraction of sp³-hybridized carbons (Fsp3) is 0.929. The summed E-state index contributed by atoms with van der Waals surface area (Å²) in [7, 11) is 2.08. The highest BCUT2D eigenvalue weighted by atomic mass is 16.5. The van der Waals surface area contributed by atoms with E-state index in [1.807, 2.05) is 6.92 Å². The number of ether oxygens (including phenoxy) is 1. The molecule has 0 atom stereocenters. The molecule has 118 valence electrons. The van der Waals surface area contributed by atoms with Gasteiger partial charge in [0.2, 0.25) is 5.96 Å². The van der Waals surface area contributed by atoms with E-state index in [1.54, 1.807) is 0 Å². The molecule has 6 nitrogen and oxygen atoms in total. The van der Waals surface area contributed by atoms with E-state index in [9.17, 15) is 0 Å². The number of hydrazine groups is 1. The van der Waals surface area contributed by atoms with E-state index < -0.39 is 0 Å². The molecule has 0 spiro atoms. The van der Waals surface area contributed by atoms with Crippen LogP contribution in [0.2, 0.25) is 0 Å². The number of rotatable bonds is 7. The van der Waals surface area contributed by atoms with Crippen LogP contribution in [0.25, 0.3) is 0 Å². The highest BCUT2D eigenvalue weighted by Crippen LogP contribution is 2.15. The maximum Gasteiger partial charge on any atom is 0.208 e. The summed E-state index contributed by atoms with van der Waals surface area (Å²) in [5.74, 6) is 6.40. The number of guanidine groups is 1. The van der Waals surface area contributed by atoms with Gasteiger partial charge in [-0.25, -0.2) is 5.84 Å². The third-order valence-electron chi connectivity index (χ3n) is 3.93. The van der Waals surface area contributed by atoms with Crippen LogP contribution < -0.4 is 11.3 Å². The van der Waals surface area contributed by atoms with Crippen LogP contribution in [0.1, 0.15) is 33.1 Å². The number of nitrogens with one attached hydrogen (secondary N) is 1. The first-order chi connectivity index (χ1) is 9.72. The van der Waals surface area contributed by atoms with Gasteiger partial charge in [-0.2, -0.15) is 0 Å². The van der Waals surface area contributed by atoms with Crippen LogP contribution in [-0.2, 0) is 4.74 Å². The van der Waals surface area contributed by atoms with Gasteiger partial charge in [0.05, 0.1) is 0 Å². The molecule has 1 saturated heterocycles. The summed E-state index contributed by atoms with van der Waals surface area (Å²) in [5.41, 5.74) is 2.74. The van der Waals surface area contributed by atoms with Crippen molar-refractivity contribution < 1.29 is 4.74 Å². The Balaban J connectivity index is 2.37. The molecule has 0 aromatic carbocycles. The van der Waals surface area contributed by atoms with Gasteiger partial charge in [0.25, 0.3) is 0 Å². The molecule has 1 aliphatic heterocycles. The lowest BCUT2D eigenvalue weighted by atomic mass is 10.0. The topological polar surface area (TPSA) is 66.1 Å². The third-order valence-corrected chi connectivity index (χ3v) is 3.93. The zero-order valence-corrected chi connectivity index (χ0v) is 13.3. The van der Waals surface area contributed by atoms with Gasteiger partial charge in [-0.05, 0) is 32.7 Å². The van der Waals surface area contributed by atoms with Crippen LogP contribution >= 0.6 is 0 Å². The number of hydrogen-bond acceptors (Lipinski definition) is 4. The number of nitrogens with zero attached hydrogens (tertiary/aromatic N) is 3. The Hall–Kier alpha value is -0.850. The van der Waals surface area contributed by atoms with Crippen LogP contribution in [0.3, 0.4) is 0 Å². The van der Waals surface area contributed by atoms with Gasteiger partial charge in [0, 0.05) is 45.9 Å². The van der Waals surface area contributed by atoms with Crippen LogP contribution in [0.15, 0.2) is 4.99 Å². The maximum atomic E-state index is 5.61. The minimum Gasteiger partial charge on any atom is -0.382 e. The van der Waals surface area contributed by atoms with E-state index in [-0.39, 0.29) is 0 Å². The van der Waals surface area contributed by atoms with Crippen molar-refractivity contribution in [3.63, 3.8) is 0 Å². The second-order valence-corrected chi connectivity index (χ2v) is 5.18. The van der Waals surface area contributed by atoms with Crippen molar-refractivity contribution in [2.24, 2.45) is 10.8 Å². The van der Waals surface area contributed by atoms with Gasteiger partial charge >= 0.3 is 0 Å². The minimum absolute atomic E-state index is 0.527. The standard InChI is InChI=1S/C14H31N5O/c1-4-19-10-7-13(8-11-19)18(3)14(17-15)16-9-6-12-20-5-2/h13H,4-12,15H2,1-3H3,(H,16,17). The third kappa shape index (κ3) is 5.64. The van der Waals surface area contributed by atoms with Gasteiger partial charge in [-0.3, -0.25) is 10.4 Å².